The zero-order chi connectivity index (χ0) is 19.2. The van der Waals surface area contributed by atoms with E-state index in [1.807, 2.05) is 0 Å². The molecule has 140 valence electrons. The van der Waals surface area contributed by atoms with Crippen molar-refractivity contribution in [2.45, 2.75) is 31.2 Å². The lowest BCUT2D eigenvalue weighted by Crippen LogP contribution is -2.31. The highest BCUT2D eigenvalue weighted by Gasteiger charge is 2.15. The first-order valence-electron chi connectivity index (χ1n) is 8.18. The highest BCUT2D eigenvalue weighted by molar-refractivity contribution is 7.89. The molecule has 26 heavy (non-hydrogen) atoms. The predicted molar refractivity (Wildman–Crippen MR) is 99.0 cm³/mol. The van der Waals surface area contributed by atoms with Crippen LogP contribution in [0.1, 0.15) is 19.4 Å². The minimum absolute atomic E-state index is 0.133. The Morgan fingerprint density at radius 3 is 2.23 bits per heavy atom. The van der Waals surface area contributed by atoms with Gasteiger partial charge in [-0.15, -0.1) is 0 Å². The van der Waals surface area contributed by atoms with E-state index in [9.17, 15) is 17.6 Å². The topological polar surface area (TPSA) is 87.3 Å². The van der Waals surface area contributed by atoms with Gasteiger partial charge >= 0.3 is 6.03 Å². The molecule has 3 N–H and O–H groups in total. The zero-order valence-electron chi connectivity index (χ0n) is 14.6. The second kappa shape index (κ2) is 8.77. The smallest absolute Gasteiger partial charge is 0.319 e. The second-order valence-corrected chi connectivity index (χ2v) is 7.77. The Balaban J connectivity index is 1.84. The molecule has 2 amide bonds. The molecule has 2 aromatic rings. The van der Waals surface area contributed by atoms with Gasteiger partial charge in [-0.2, -0.15) is 0 Å². The summed E-state index contributed by atoms with van der Waals surface area (Å²) in [5, 5.41) is 5.32. The van der Waals surface area contributed by atoms with Crippen LogP contribution in [0.2, 0.25) is 0 Å². The SMILES string of the molecule is CC(C)NS(=O)(=O)c1ccc(NC(=O)NCCc2ccc(F)cc2)cc1. The van der Waals surface area contributed by atoms with Gasteiger partial charge in [-0.05, 0) is 62.2 Å². The van der Waals surface area contributed by atoms with Crippen molar-refractivity contribution in [3.05, 3.63) is 59.9 Å². The van der Waals surface area contributed by atoms with Crippen molar-refractivity contribution in [1.82, 2.24) is 10.0 Å². The molecule has 0 aliphatic heterocycles. The minimum atomic E-state index is -3.56. The summed E-state index contributed by atoms with van der Waals surface area (Å²) in [6.45, 7) is 3.87. The first-order chi connectivity index (χ1) is 12.3. The first kappa shape index (κ1) is 19.9. The third-order valence-electron chi connectivity index (χ3n) is 3.43. The van der Waals surface area contributed by atoms with Gasteiger partial charge in [0, 0.05) is 18.3 Å². The molecule has 6 nitrogen and oxygen atoms in total. The van der Waals surface area contributed by atoms with Crippen molar-refractivity contribution in [2.75, 3.05) is 11.9 Å². The molecule has 0 bridgehead atoms. The highest BCUT2D eigenvalue weighted by Crippen LogP contribution is 2.14. The molecule has 0 unspecified atom stereocenters. The summed E-state index contributed by atoms with van der Waals surface area (Å²) in [5.41, 5.74) is 1.40. The largest absolute Gasteiger partial charge is 0.338 e. The molecule has 0 fully saturated rings. The second-order valence-electron chi connectivity index (χ2n) is 6.06. The molecule has 8 heteroatoms. The number of urea groups is 1. The molecule has 0 saturated carbocycles. The maximum absolute atomic E-state index is 12.8. The number of carbonyl (C=O) groups is 1. The van der Waals surface area contributed by atoms with Crippen LogP contribution >= 0.6 is 0 Å². The van der Waals surface area contributed by atoms with Crippen LogP contribution in [0.25, 0.3) is 0 Å². The number of hydrogen-bond acceptors (Lipinski definition) is 3. The Bertz CT molecular complexity index is 835. The van der Waals surface area contributed by atoms with Crippen LogP contribution in [-0.4, -0.2) is 27.0 Å². The molecule has 0 aliphatic rings. The standard InChI is InChI=1S/C18H22FN3O3S/c1-13(2)22-26(24,25)17-9-7-16(8-10-17)21-18(23)20-12-11-14-3-5-15(19)6-4-14/h3-10,13,22H,11-12H2,1-2H3,(H2,20,21,23). The molecule has 2 rings (SSSR count). The van der Waals surface area contributed by atoms with E-state index < -0.39 is 16.1 Å². The summed E-state index contributed by atoms with van der Waals surface area (Å²) < 4.78 is 39.4. The maximum atomic E-state index is 12.8. The molecular formula is C18H22FN3O3S. The molecule has 0 heterocycles. The van der Waals surface area contributed by atoms with Crippen LogP contribution in [0, 0.1) is 5.82 Å². The highest BCUT2D eigenvalue weighted by atomic mass is 32.2. The molecule has 0 atom stereocenters. The third-order valence-corrected chi connectivity index (χ3v) is 5.10. The van der Waals surface area contributed by atoms with Gasteiger partial charge in [0.25, 0.3) is 0 Å². The number of benzene rings is 2. The van der Waals surface area contributed by atoms with Crippen LogP contribution in [-0.2, 0) is 16.4 Å². The fourth-order valence-electron chi connectivity index (χ4n) is 2.24. The summed E-state index contributed by atoms with van der Waals surface area (Å²) in [6.07, 6.45) is 0.575. The van der Waals surface area contributed by atoms with Gasteiger partial charge in [0.15, 0.2) is 0 Å². The zero-order valence-corrected chi connectivity index (χ0v) is 15.4. The molecule has 0 aromatic heterocycles. The van der Waals surface area contributed by atoms with E-state index in [0.29, 0.717) is 18.7 Å². The van der Waals surface area contributed by atoms with Gasteiger partial charge in [0.1, 0.15) is 5.82 Å². The number of anilines is 1. The molecule has 0 aliphatic carbocycles. The quantitative estimate of drug-likeness (QED) is 0.691. The van der Waals surface area contributed by atoms with Gasteiger partial charge in [0.05, 0.1) is 4.90 Å². The van der Waals surface area contributed by atoms with E-state index in [1.54, 1.807) is 26.0 Å². The Kier molecular flexibility index (Phi) is 6.70. The van der Waals surface area contributed by atoms with Crippen molar-refractivity contribution in [1.29, 1.82) is 0 Å². The van der Waals surface area contributed by atoms with E-state index in [1.165, 1.54) is 36.4 Å². The molecular weight excluding hydrogens is 357 g/mol. The van der Waals surface area contributed by atoms with Crippen LogP contribution in [0.4, 0.5) is 14.9 Å². The summed E-state index contributed by atoms with van der Waals surface area (Å²) in [4.78, 5) is 12.0. The lowest BCUT2D eigenvalue weighted by molar-refractivity contribution is 0.252. The number of carbonyl (C=O) groups excluding carboxylic acids is 1. The number of halogens is 1. The maximum Gasteiger partial charge on any atom is 0.319 e. The van der Waals surface area contributed by atoms with Crippen molar-refractivity contribution in [3.63, 3.8) is 0 Å². The summed E-state index contributed by atoms with van der Waals surface area (Å²) >= 11 is 0. The van der Waals surface area contributed by atoms with Gasteiger partial charge in [0.2, 0.25) is 10.0 Å². The van der Waals surface area contributed by atoms with Crippen molar-refractivity contribution in [2.24, 2.45) is 0 Å². The number of hydrogen-bond donors (Lipinski definition) is 3. The van der Waals surface area contributed by atoms with E-state index in [4.69, 9.17) is 0 Å². The molecule has 0 radical (unpaired) electrons. The van der Waals surface area contributed by atoms with Crippen LogP contribution < -0.4 is 15.4 Å². The average Bonchev–Trinajstić information content (AvgIpc) is 2.56. The normalized spacial score (nSPS) is 11.4. The lowest BCUT2D eigenvalue weighted by Gasteiger charge is -2.11. The predicted octanol–water partition coefficient (Wildman–Crippen LogP) is 2.88. The van der Waals surface area contributed by atoms with Gasteiger partial charge in [-0.3, -0.25) is 0 Å². The summed E-state index contributed by atoms with van der Waals surface area (Å²) in [6, 6.07) is 11.4. The van der Waals surface area contributed by atoms with E-state index >= 15 is 0 Å². The average molecular weight is 379 g/mol. The summed E-state index contributed by atoms with van der Waals surface area (Å²) in [5.74, 6) is -0.298. The van der Waals surface area contributed by atoms with Gasteiger partial charge < -0.3 is 10.6 Å². The Morgan fingerprint density at radius 1 is 1.04 bits per heavy atom. The van der Waals surface area contributed by atoms with Crippen molar-refractivity contribution < 1.29 is 17.6 Å². The third kappa shape index (κ3) is 6.12. The Morgan fingerprint density at radius 2 is 1.65 bits per heavy atom. The molecule has 0 saturated heterocycles. The first-order valence-corrected chi connectivity index (χ1v) is 9.66. The monoisotopic (exact) mass is 379 g/mol. The van der Waals surface area contributed by atoms with Gasteiger partial charge in [-0.25, -0.2) is 22.3 Å². The van der Waals surface area contributed by atoms with E-state index in [2.05, 4.69) is 15.4 Å². The fraction of sp³-hybridized carbons (Fsp3) is 0.278. The summed E-state index contributed by atoms with van der Waals surface area (Å²) in [7, 11) is -3.56. The van der Waals surface area contributed by atoms with Crippen molar-refractivity contribution in [3.8, 4) is 0 Å². The Hall–Kier alpha value is -2.45. The minimum Gasteiger partial charge on any atom is -0.338 e. The van der Waals surface area contributed by atoms with E-state index in [0.717, 1.165) is 5.56 Å². The van der Waals surface area contributed by atoms with Gasteiger partial charge in [-0.1, -0.05) is 12.1 Å². The lowest BCUT2D eigenvalue weighted by atomic mass is 10.1. The van der Waals surface area contributed by atoms with Crippen LogP contribution in [0.3, 0.4) is 0 Å². The molecule has 2 aromatic carbocycles. The van der Waals surface area contributed by atoms with Crippen molar-refractivity contribution >= 4 is 21.7 Å². The number of rotatable bonds is 7. The molecule has 0 spiro atoms. The Labute approximate surface area is 152 Å². The number of amides is 2. The van der Waals surface area contributed by atoms with Crippen LogP contribution in [0.5, 0.6) is 0 Å². The number of sulfonamides is 1. The van der Waals surface area contributed by atoms with Crippen LogP contribution in [0.15, 0.2) is 53.4 Å². The fourth-order valence-corrected chi connectivity index (χ4v) is 3.49. The van der Waals surface area contributed by atoms with E-state index in [-0.39, 0.29) is 16.8 Å². The number of nitrogens with one attached hydrogen (secondary N) is 3.